The number of rotatable bonds is 5. The average Bonchev–Trinajstić information content (AvgIpc) is 2.79. The van der Waals surface area contributed by atoms with Crippen molar-refractivity contribution in [3.05, 3.63) is 47.0 Å². The molecule has 0 atom stereocenters. The zero-order valence-corrected chi connectivity index (χ0v) is 10.8. The van der Waals surface area contributed by atoms with Crippen LogP contribution in [0.4, 0.5) is 0 Å². The number of hydrogen-bond acceptors (Lipinski definition) is 3. The van der Waals surface area contributed by atoms with E-state index in [0.717, 1.165) is 10.2 Å². The van der Waals surface area contributed by atoms with Crippen LogP contribution in [0.3, 0.4) is 0 Å². The summed E-state index contributed by atoms with van der Waals surface area (Å²) in [5, 5.41) is 9.02. The minimum atomic E-state index is -0.0503. The zero-order valence-electron chi connectivity index (χ0n) is 9.21. The summed E-state index contributed by atoms with van der Waals surface area (Å²) in [6.45, 7) is 1.17. The normalized spacial score (nSPS) is 10.5. The highest BCUT2D eigenvalue weighted by Crippen LogP contribution is 2.16. The van der Waals surface area contributed by atoms with Gasteiger partial charge in [-0.1, -0.05) is 15.9 Å². The van der Waals surface area contributed by atoms with Crippen LogP contribution in [0.5, 0.6) is 5.75 Å². The molecular weight excluding hydrogens is 284 g/mol. The summed E-state index contributed by atoms with van der Waals surface area (Å²) >= 11 is 3.37. The van der Waals surface area contributed by atoms with E-state index in [1.54, 1.807) is 6.20 Å². The van der Waals surface area contributed by atoms with E-state index in [1.807, 2.05) is 35.0 Å². The minimum Gasteiger partial charge on any atom is -0.492 e. The number of aliphatic hydroxyl groups excluding tert-OH is 1. The first-order valence-corrected chi connectivity index (χ1v) is 6.08. The summed E-state index contributed by atoms with van der Waals surface area (Å²) in [7, 11) is 0. The molecule has 0 aliphatic heterocycles. The van der Waals surface area contributed by atoms with Crippen molar-refractivity contribution in [1.82, 2.24) is 9.55 Å². The summed E-state index contributed by atoms with van der Waals surface area (Å²) in [6.07, 6.45) is 3.50. The molecule has 0 aliphatic rings. The van der Waals surface area contributed by atoms with E-state index < -0.39 is 0 Å². The molecule has 5 heteroatoms. The van der Waals surface area contributed by atoms with Crippen LogP contribution in [0.2, 0.25) is 0 Å². The van der Waals surface area contributed by atoms with E-state index in [-0.39, 0.29) is 6.61 Å². The van der Waals surface area contributed by atoms with E-state index in [4.69, 9.17) is 9.84 Å². The van der Waals surface area contributed by atoms with Crippen LogP contribution in [-0.4, -0.2) is 21.3 Å². The van der Waals surface area contributed by atoms with Crippen molar-refractivity contribution in [3.63, 3.8) is 0 Å². The second kappa shape index (κ2) is 5.84. The smallest absolute Gasteiger partial charge is 0.134 e. The molecule has 0 saturated heterocycles. The number of benzene rings is 1. The fourth-order valence-electron chi connectivity index (χ4n) is 1.49. The molecule has 0 spiro atoms. The van der Waals surface area contributed by atoms with Crippen molar-refractivity contribution in [2.75, 3.05) is 6.61 Å². The first-order valence-electron chi connectivity index (χ1n) is 5.29. The van der Waals surface area contributed by atoms with Gasteiger partial charge in [-0.2, -0.15) is 0 Å². The molecule has 1 aromatic heterocycles. The number of aliphatic hydroxyl groups is 1. The molecule has 4 nitrogen and oxygen atoms in total. The molecule has 0 fully saturated rings. The molecule has 0 radical (unpaired) electrons. The summed E-state index contributed by atoms with van der Waals surface area (Å²) in [4.78, 5) is 4.02. The number of ether oxygens (including phenoxy) is 1. The number of aromatic nitrogens is 2. The van der Waals surface area contributed by atoms with Crippen LogP contribution in [0, 0.1) is 0 Å². The molecule has 0 unspecified atom stereocenters. The maximum atomic E-state index is 9.02. The standard InChI is InChI=1S/C12H13BrN2O2/c13-10-1-3-11(4-2-10)17-8-7-15-6-5-14-12(15)9-16/h1-6,16H,7-9H2. The van der Waals surface area contributed by atoms with Crippen molar-refractivity contribution >= 4 is 15.9 Å². The van der Waals surface area contributed by atoms with Crippen LogP contribution in [-0.2, 0) is 13.2 Å². The first kappa shape index (κ1) is 12.1. The third-order valence-corrected chi connectivity index (χ3v) is 2.89. The number of nitrogens with zero attached hydrogens (tertiary/aromatic N) is 2. The van der Waals surface area contributed by atoms with Crippen molar-refractivity contribution in [2.45, 2.75) is 13.2 Å². The van der Waals surface area contributed by atoms with Crippen molar-refractivity contribution in [2.24, 2.45) is 0 Å². The maximum absolute atomic E-state index is 9.02. The SMILES string of the molecule is OCc1nccn1CCOc1ccc(Br)cc1. The number of imidazole rings is 1. The van der Waals surface area contributed by atoms with E-state index >= 15 is 0 Å². The summed E-state index contributed by atoms with van der Waals surface area (Å²) < 4.78 is 8.49. The van der Waals surface area contributed by atoms with E-state index in [1.165, 1.54) is 0 Å². The second-order valence-electron chi connectivity index (χ2n) is 3.50. The lowest BCUT2D eigenvalue weighted by atomic mass is 10.3. The van der Waals surface area contributed by atoms with Crippen LogP contribution in [0.1, 0.15) is 5.82 Å². The molecule has 17 heavy (non-hydrogen) atoms. The van der Waals surface area contributed by atoms with Gasteiger partial charge in [0.1, 0.15) is 24.8 Å². The maximum Gasteiger partial charge on any atom is 0.134 e. The molecule has 0 amide bonds. The zero-order chi connectivity index (χ0) is 12.1. The number of hydrogen-bond donors (Lipinski definition) is 1. The lowest BCUT2D eigenvalue weighted by Gasteiger charge is -2.08. The van der Waals surface area contributed by atoms with Crippen molar-refractivity contribution in [3.8, 4) is 5.75 Å². The molecule has 1 N–H and O–H groups in total. The van der Waals surface area contributed by atoms with E-state index in [2.05, 4.69) is 20.9 Å². The molecule has 2 rings (SSSR count). The lowest BCUT2D eigenvalue weighted by Crippen LogP contribution is -2.10. The average molecular weight is 297 g/mol. The summed E-state index contributed by atoms with van der Waals surface area (Å²) in [5.41, 5.74) is 0. The lowest BCUT2D eigenvalue weighted by molar-refractivity contribution is 0.254. The second-order valence-corrected chi connectivity index (χ2v) is 4.41. The predicted molar refractivity (Wildman–Crippen MR) is 67.8 cm³/mol. The Balaban J connectivity index is 1.85. The molecule has 0 aliphatic carbocycles. The highest BCUT2D eigenvalue weighted by Gasteiger charge is 2.00. The van der Waals surface area contributed by atoms with Crippen LogP contribution in [0.15, 0.2) is 41.1 Å². The first-order chi connectivity index (χ1) is 8.29. The fraction of sp³-hybridized carbons (Fsp3) is 0.250. The third-order valence-electron chi connectivity index (χ3n) is 2.36. The Labute approximate surface area is 108 Å². The van der Waals surface area contributed by atoms with Crippen molar-refractivity contribution < 1.29 is 9.84 Å². The van der Waals surface area contributed by atoms with Gasteiger partial charge in [0.25, 0.3) is 0 Å². The largest absolute Gasteiger partial charge is 0.492 e. The molecule has 0 saturated carbocycles. The monoisotopic (exact) mass is 296 g/mol. The van der Waals surface area contributed by atoms with Crippen LogP contribution in [0.25, 0.3) is 0 Å². The predicted octanol–water partition coefficient (Wildman–Crippen LogP) is 2.22. The highest BCUT2D eigenvalue weighted by atomic mass is 79.9. The highest BCUT2D eigenvalue weighted by molar-refractivity contribution is 9.10. The molecule has 1 heterocycles. The van der Waals surface area contributed by atoms with Gasteiger partial charge in [0.15, 0.2) is 0 Å². The van der Waals surface area contributed by atoms with Crippen molar-refractivity contribution in [1.29, 1.82) is 0 Å². The Morgan fingerprint density at radius 3 is 2.76 bits per heavy atom. The van der Waals surface area contributed by atoms with Gasteiger partial charge >= 0.3 is 0 Å². The molecule has 1 aromatic carbocycles. The van der Waals surface area contributed by atoms with Gasteiger partial charge in [0.2, 0.25) is 0 Å². The molecule has 2 aromatic rings. The third kappa shape index (κ3) is 3.31. The Hall–Kier alpha value is -1.33. The topological polar surface area (TPSA) is 47.3 Å². The number of halogens is 1. The Morgan fingerprint density at radius 1 is 1.29 bits per heavy atom. The van der Waals surface area contributed by atoms with Gasteiger partial charge in [-0.15, -0.1) is 0 Å². The molecule has 90 valence electrons. The Kier molecular flexibility index (Phi) is 4.17. The van der Waals surface area contributed by atoms with E-state index in [0.29, 0.717) is 19.0 Å². The van der Waals surface area contributed by atoms with Gasteiger partial charge in [0, 0.05) is 16.9 Å². The Morgan fingerprint density at radius 2 is 2.06 bits per heavy atom. The van der Waals surface area contributed by atoms with Gasteiger partial charge in [-0.3, -0.25) is 0 Å². The fourth-order valence-corrected chi connectivity index (χ4v) is 1.75. The molecular formula is C12H13BrN2O2. The van der Waals surface area contributed by atoms with Gasteiger partial charge in [-0.05, 0) is 24.3 Å². The molecule has 0 bridgehead atoms. The minimum absolute atomic E-state index is 0.0503. The van der Waals surface area contributed by atoms with Crippen LogP contribution >= 0.6 is 15.9 Å². The summed E-state index contributed by atoms with van der Waals surface area (Å²) in [5.74, 6) is 1.49. The van der Waals surface area contributed by atoms with E-state index in [9.17, 15) is 0 Å². The summed E-state index contributed by atoms with van der Waals surface area (Å²) in [6, 6.07) is 7.69. The Bertz CT molecular complexity index is 468. The van der Waals surface area contributed by atoms with Crippen LogP contribution < -0.4 is 4.74 Å². The van der Waals surface area contributed by atoms with Gasteiger partial charge in [-0.25, -0.2) is 4.98 Å². The van der Waals surface area contributed by atoms with Gasteiger partial charge < -0.3 is 14.4 Å². The quantitative estimate of drug-likeness (QED) is 0.920. The van der Waals surface area contributed by atoms with Gasteiger partial charge in [0.05, 0.1) is 6.54 Å².